The standard InChI is InChI=1S/C23H21N3O5S/c1-3-30-23(28)19-13-15-12-16(6-9-18(15)32-19)24-20(27)10-11-21-25-22(26-31-21)14-4-7-17(29-2)8-5-14/h4-9,12-13H,3,10-11H2,1-2H3,(H,24,27). The van der Waals surface area contributed by atoms with Crippen LogP contribution in [0.3, 0.4) is 0 Å². The van der Waals surface area contributed by atoms with E-state index in [1.54, 1.807) is 26.2 Å². The molecule has 0 spiro atoms. The van der Waals surface area contributed by atoms with E-state index in [-0.39, 0.29) is 18.3 Å². The molecule has 8 nitrogen and oxygen atoms in total. The van der Waals surface area contributed by atoms with Gasteiger partial charge in [-0.1, -0.05) is 5.16 Å². The van der Waals surface area contributed by atoms with Crippen molar-refractivity contribution in [1.29, 1.82) is 0 Å². The Balaban J connectivity index is 1.35. The average Bonchev–Trinajstić information content (AvgIpc) is 3.45. The Labute approximate surface area is 188 Å². The van der Waals surface area contributed by atoms with E-state index in [4.69, 9.17) is 14.0 Å². The highest BCUT2D eigenvalue weighted by molar-refractivity contribution is 7.20. The zero-order valence-electron chi connectivity index (χ0n) is 17.6. The highest BCUT2D eigenvalue weighted by Crippen LogP contribution is 2.29. The molecule has 4 aromatic rings. The molecular formula is C23H21N3O5S. The number of nitrogens with zero attached hydrogens (tertiary/aromatic N) is 2. The van der Waals surface area contributed by atoms with Gasteiger partial charge >= 0.3 is 5.97 Å². The van der Waals surface area contributed by atoms with Crippen LogP contribution in [-0.4, -0.2) is 35.7 Å². The molecule has 0 aliphatic heterocycles. The summed E-state index contributed by atoms with van der Waals surface area (Å²) in [6.45, 7) is 2.10. The van der Waals surface area contributed by atoms with Gasteiger partial charge in [-0.15, -0.1) is 11.3 Å². The molecule has 0 unspecified atom stereocenters. The van der Waals surface area contributed by atoms with E-state index in [9.17, 15) is 9.59 Å². The van der Waals surface area contributed by atoms with Crippen LogP contribution in [0.25, 0.3) is 21.5 Å². The van der Waals surface area contributed by atoms with Gasteiger partial charge in [-0.3, -0.25) is 4.79 Å². The van der Waals surface area contributed by atoms with Gasteiger partial charge in [-0.25, -0.2) is 4.79 Å². The van der Waals surface area contributed by atoms with E-state index in [0.717, 1.165) is 21.4 Å². The molecule has 0 atom stereocenters. The molecule has 32 heavy (non-hydrogen) atoms. The van der Waals surface area contributed by atoms with E-state index < -0.39 is 0 Å². The van der Waals surface area contributed by atoms with Gasteiger partial charge in [0, 0.05) is 28.8 Å². The minimum atomic E-state index is -0.340. The van der Waals surface area contributed by atoms with Crippen molar-refractivity contribution < 1.29 is 23.6 Å². The monoisotopic (exact) mass is 451 g/mol. The SMILES string of the molecule is CCOC(=O)c1cc2cc(NC(=O)CCc3nc(-c4ccc(OC)cc4)no3)ccc2s1. The minimum Gasteiger partial charge on any atom is -0.497 e. The van der Waals surface area contributed by atoms with E-state index in [0.29, 0.717) is 35.3 Å². The number of benzene rings is 2. The lowest BCUT2D eigenvalue weighted by molar-refractivity contribution is -0.116. The van der Waals surface area contributed by atoms with Crippen LogP contribution in [0.2, 0.25) is 0 Å². The first-order chi connectivity index (χ1) is 15.6. The molecule has 4 rings (SSSR count). The van der Waals surface area contributed by atoms with Crippen molar-refractivity contribution in [3.05, 3.63) is 59.3 Å². The smallest absolute Gasteiger partial charge is 0.348 e. The summed E-state index contributed by atoms with van der Waals surface area (Å²) in [5, 5.41) is 7.71. The van der Waals surface area contributed by atoms with Gasteiger partial charge in [-0.2, -0.15) is 4.98 Å². The Bertz CT molecular complexity index is 1250. The van der Waals surface area contributed by atoms with Gasteiger partial charge in [0.05, 0.1) is 13.7 Å². The number of anilines is 1. The van der Waals surface area contributed by atoms with Gasteiger partial charge in [0.25, 0.3) is 0 Å². The molecule has 0 fully saturated rings. The Hall–Kier alpha value is -3.72. The Kier molecular flexibility index (Phi) is 6.46. The van der Waals surface area contributed by atoms with Gasteiger partial charge < -0.3 is 19.3 Å². The number of hydrogen-bond acceptors (Lipinski definition) is 8. The number of aryl methyl sites for hydroxylation is 1. The topological polar surface area (TPSA) is 104 Å². The number of nitrogens with one attached hydrogen (secondary N) is 1. The lowest BCUT2D eigenvalue weighted by atomic mass is 10.2. The third-order valence-electron chi connectivity index (χ3n) is 4.66. The summed E-state index contributed by atoms with van der Waals surface area (Å²) in [5.41, 5.74) is 1.46. The first kappa shape index (κ1) is 21.5. The van der Waals surface area contributed by atoms with Crippen LogP contribution >= 0.6 is 11.3 Å². The number of hydrogen-bond donors (Lipinski definition) is 1. The van der Waals surface area contributed by atoms with Gasteiger partial charge in [-0.05, 0) is 60.8 Å². The first-order valence-electron chi connectivity index (χ1n) is 10.0. The van der Waals surface area contributed by atoms with Crippen molar-refractivity contribution in [2.75, 3.05) is 19.0 Å². The van der Waals surface area contributed by atoms with E-state index >= 15 is 0 Å². The number of thiophene rings is 1. The molecule has 0 aliphatic rings. The van der Waals surface area contributed by atoms with Crippen molar-refractivity contribution in [2.24, 2.45) is 0 Å². The second-order valence-corrected chi connectivity index (χ2v) is 7.96. The predicted octanol–water partition coefficient (Wildman–Crippen LogP) is 4.71. The maximum atomic E-state index is 12.4. The average molecular weight is 452 g/mol. The Morgan fingerprint density at radius 1 is 1.12 bits per heavy atom. The molecular weight excluding hydrogens is 430 g/mol. The molecule has 2 heterocycles. The summed E-state index contributed by atoms with van der Waals surface area (Å²) in [6, 6.07) is 14.6. The zero-order chi connectivity index (χ0) is 22.5. The maximum Gasteiger partial charge on any atom is 0.348 e. The number of ether oxygens (including phenoxy) is 2. The molecule has 0 bridgehead atoms. The number of aromatic nitrogens is 2. The number of methoxy groups -OCH3 is 1. The van der Waals surface area contributed by atoms with Crippen molar-refractivity contribution in [3.8, 4) is 17.1 Å². The quantitative estimate of drug-likeness (QED) is 0.387. The van der Waals surface area contributed by atoms with Gasteiger partial charge in [0.2, 0.25) is 17.6 Å². The van der Waals surface area contributed by atoms with E-state index in [1.165, 1.54) is 11.3 Å². The third-order valence-corrected chi connectivity index (χ3v) is 5.76. The summed E-state index contributed by atoms with van der Waals surface area (Å²) in [5.74, 6) is 1.08. The fourth-order valence-corrected chi connectivity index (χ4v) is 4.02. The van der Waals surface area contributed by atoms with Crippen molar-refractivity contribution in [2.45, 2.75) is 19.8 Å². The molecule has 9 heteroatoms. The molecule has 2 aromatic carbocycles. The Morgan fingerprint density at radius 3 is 2.69 bits per heavy atom. The van der Waals surface area contributed by atoms with Crippen LogP contribution in [0.5, 0.6) is 5.75 Å². The summed E-state index contributed by atoms with van der Waals surface area (Å²) >= 11 is 1.36. The lowest BCUT2D eigenvalue weighted by Crippen LogP contribution is -2.12. The second-order valence-electron chi connectivity index (χ2n) is 6.87. The van der Waals surface area contributed by atoms with Crippen LogP contribution in [0.4, 0.5) is 5.69 Å². The highest BCUT2D eigenvalue weighted by Gasteiger charge is 2.13. The predicted molar refractivity (Wildman–Crippen MR) is 121 cm³/mol. The highest BCUT2D eigenvalue weighted by atomic mass is 32.1. The van der Waals surface area contributed by atoms with Crippen molar-refractivity contribution in [1.82, 2.24) is 10.1 Å². The molecule has 0 aliphatic carbocycles. The molecule has 0 saturated heterocycles. The van der Waals surface area contributed by atoms with Crippen LogP contribution < -0.4 is 10.1 Å². The van der Waals surface area contributed by atoms with Crippen LogP contribution in [-0.2, 0) is 16.0 Å². The summed E-state index contributed by atoms with van der Waals surface area (Å²) < 4.78 is 16.4. The third kappa shape index (κ3) is 4.94. The largest absolute Gasteiger partial charge is 0.497 e. The number of esters is 1. The summed E-state index contributed by atoms with van der Waals surface area (Å²) in [4.78, 5) is 29.2. The number of rotatable bonds is 8. The zero-order valence-corrected chi connectivity index (χ0v) is 18.4. The second kappa shape index (κ2) is 9.61. The minimum absolute atomic E-state index is 0.172. The molecule has 1 N–H and O–H groups in total. The molecule has 0 saturated carbocycles. The van der Waals surface area contributed by atoms with Crippen LogP contribution in [0.15, 0.2) is 53.1 Å². The van der Waals surface area contributed by atoms with Crippen molar-refractivity contribution in [3.63, 3.8) is 0 Å². The molecule has 1 amide bonds. The Morgan fingerprint density at radius 2 is 1.94 bits per heavy atom. The maximum absolute atomic E-state index is 12.4. The van der Waals surface area contributed by atoms with Crippen LogP contribution in [0.1, 0.15) is 28.9 Å². The number of amides is 1. The molecule has 2 aromatic heterocycles. The van der Waals surface area contributed by atoms with Gasteiger partial charge in [0.15, 0.2) is 0 Å². The van der Waals surface area contributed by atoms with Crippen LogP contribution in [0, 0.1) is 0 Å². The van der Waals surface area contributed by atoms with E-state index in [2.05, 4.69) is 15.5 Å². The van der Waals surface area contributed by atoms with Crippen molar-refractivity contribution >= 4 is 39.0 Å². The summed E-state index contributed by atoms with van der Waals surface area (Å²) in [7, 11) is 1.60. The van der Waals surface area contributed by atoms with Gasteiger partial charge in [0.1, 0.15) is 10.6 Å². The fourth-order valence-electron chi connectivity index (χ4n) is 3.08. The fraction of sp³-hybridized carbons (Fsp3) is 0.217. The molecule has 164 valence electrons. The van der Waals surface area contributed by atoms with E-state index in [1.807, 2.05) is 36.4 Å². The summed E-state index contributed by atoms with van der Waals surface area (Å²) in [6.07, 6.45) is 0.517. The lowest BCUT2D eigenvalue weighted by Gasteiger charge is -2.04. The number of carbonyl (C=O) groups is 2. The molecule has 0 radical (unpaired) electrons. The first-order valence-corrected chi connectivity index (χ1v) is 10.8. The number of carbonyl (C=O) groups excluding carboxylic acids is 2. The normalized spacial score (nSPS) is 10.8. The number of fused-ring (bicyclic) bond motifs is 1.